The van der Waals surface area contributed by atoms with Gasteiger partial charge in [0.25, 0.3) is 5.91 Å². The van der Waals surface area contributed by atoms with E-state index >= 15 is 8.78 Å². The molecule has 1 fully saturated rings. The highest BCUT2D eigenvalue weighted by atomic mass is 32.1. The lowest BCUT2D eigenvalue weighted by Crippen LogP contribution is -2.31. The molecule has 1 saturated heterocycles. The van der Waals surface area contributed by atoms with E-state index in [0.29, 0.717) is 12.2 Å². The number of fused-ring (bicyclic) bond motifs is 2. The quantitative estimate of drug-likeness (QED) is 0.222. The first-order valence-corrected chi connectivity index (χ1v) is 13.1. The third-order valence-electron chi connectivity index (χ3n) is 6.65. The molecule has 1 amide bonds. The standard InChI is InChI=1S/C27H26F3N5O2S/c1-15(28)26(36)32-10-9-31-25-19-13-20(29)22(18-6-3-7-21-17(18)8-12-38-21)23(30)24(19)33-27(34-25)37-14-16-5-4-11-35(16)2/h3,6-8,12-13,16H,1,4-5,9-11,14H2,2H3,(H,32,36)(H,31,33,34)/t16-/m0/s1. The molecule has 0 aliphatic carbocycles. The molecular weight excluding hydrogens is 515 g/mol. The van der Waals surface area contributed by atoms with Gasteiger partial charge in [-0.25, -0.2) is 13.2 Å². The zero-order valence-corrected chi connectivity index (χ0v) is 21.5. The second kappa shape index (κ2) is 11.0. The first-order chi connectivity index (χ1) is 18.3. The van der Waals surface area contributed by atoms with Crippen LogP contribution in [0.15, 0.2) is 48.1 Å². The molecule has 198 valence electrons. The van der Waals surface area contributed by atoms with Crippen molar-refractivity contribution in [1.29, 1.82) is 0 Å². The minimum atomic E-state index is -1.11. The number of likely N-dealkylation sites (N-methyl/N-ethyl adjacent to an activating group) is 1. The molecule has 3 heterocycles. The van der Waals surface area contributed by atoms with Gasteiger partial charge in [0.05, 0.1) is 5.56 Å². The van der Waals surface area contributed by atoms with Gasteiger partial charge in [-0.2, -0.15) is 9.97 Å². The summed E-state index contributed by atoms with van der Waals surface area (Å²) < 4.78 is 51.3. The number of halogens is 3. The van der Waals surface area contributed by atoms with Gasteiger partial charge in [-0.15, -0.1) is 11.3 Å². The Labute approximate surface area is 221 Å². The number of anilines is 1. The summed E-state index contributed by atoms with van der Waals surface area (Å²) in [7, 11) is 2.01. The average Bonchev–Trinajstić information content (AvgIpc) is 3.54. The number of nitrogens with one attached hydrogen (secondary N) is 2. The van der Waals surface area contributed by atoms with Gasteiger partial charge in [-0.3, -0.25) is 4.79 Å². The van der Waals surface area contributed by atoms with Crippen LogP contribution in [0.3, 0.4) is 0 Å². The predicted molar refractivity (Wildman–Crippen MR) is 143 cm³/mol. The highest BCUT2D eigenvalue weighted by Gasteiger charge is 2.24. The van der Waals surface area contributed by atoms with Gasteiger partial charge in [0.15, 0.2) is 11.6 Å². The average molecular weight is 542 g/mol. The Morgan fingerprint density at radius 1 is 1.24 bits per heavy atom. The maximum Gasteiger partial charge on any atom is 0.319 e. The summed E-state index contributed by atoms with van der Waals surface area (Å²) in [6, 6.07) is 8.49. The Bertz CT molecular complexity index is 1530. The predicted octanol–water partition coefficient (Wildman–Crippen LogP) is 5.27. The van der Waals surface area contributed by atoms with Crippen molar-refractivity contribution in [2.24, 2.45) is 0 Å². The van der Waals surface area contributed by atoms with Crippen molar-refractivity contribution >= 4 is 44.1 Å². The molecule has 1 aliphatic rings. The Balaban J connectivity index is 1.53. The van der Waals surface area contributed by atoms with Crippen LogP contribution in [-0.4, -0.2) is 60.1 Å². The summed E-state index contributed by atoms with van der Waals surface area (Å²) in [5.74, 6) is -3.50. The number of aromatic nitrogens is 2. The number of carbonyl (C=O) groups is 1. The largest absolute Gasteiger partial charge is 0.462 e. The first-order valence-electron chi connectivity index (χ1n) is 12.2. The molecule has 2 N–H and O–H groups in total. The van der Waals surface area contributed by atoms with Crippen molar-refractivity contribution in [3.8, 4) is 17.1 Å². The molecule has 0 bridgehead atoms. The van der Waals surface area contributed by atoms with Crippen molar-refractivity contribution in [1.82, 2.24) is 20.2 Å². The lowest BCUT2D eigenvalue weighted by atomic mass is 9.99. The van der Waals surface area contributed by atoms with E-state index in [1.807, 2.05) is 24.6 Å². The molecule has 2 aromatic carbocycles. The van der Waals surface area contributed by atoms with E-state index in [1.165, 1.54) is 17.4 Å². The number of ether oxygens (including phenoxy) is 1. The Morgan fingerprint density at radius 2 is 2.08 bits per heavy atom. The smallest absolute Gasteiger partial charge is 0.319 e. The number of rotatable bonds is 9. The monoisotopic (exact) mass is 541 g/mol. The molecule has 0 unspecified atom stereocenters. The highest BCUT2D eigenvalue weighted by molar-refractivity contribution is 7.17. The maximum atomic E-state index is 16.1. The van der Waals surface area contributed by atoms with E-state index in [-0.39, 0.29) is 47.4 Å². The lowest BCUT2D eigenvalue weighted by Gasteiger charge is -2.19. The van der Waals surface area contributed by atoms with Crippen LogP contribution in [0.1, 0.15) is 12.8 Å². The maximum absolute atomic E-state index is 16.1. The van der Waals surface area contributed by atoms with Crippen LogP contribution in [0.4, 0.5) is 19.0 Å². The summed E-state index contributed by atoms with van der Waals surface area (Å²) in [4.78, 5) is 22.3. The highest BCUT2D eigenvalue weighted by Crippen LogP contribution is 2.38. The molecule has 38 heavy (non-hydrogen) atoms. The fraction of sp³-hybridized carbons (Fsp3) is 0.296. The summed E-state index contributed by atoms with van der Waals surface area (Å²) in [5.41, 5.74) is 0.154. The second-order valence-electron chi connectivity index (χ2n) is 9.11. The van der Waals surface area contributed by atoms with Gasteiger partial charge >= 0.3 is 6.01 Å². The molecule has 1 atom stereocenters. The Hall–Kier alpha value is -3.70. The van der Waals surface area contributed by atoms with E-state index in [4.69, 9.17) is 4.74 Å². The topological polar surface area (TPSA) is 79.4 Å². The van der Waals surface area contributed by atoms with Gasteiger partial charge in [0, 0.05) is 34.6 Å². The van der Waals surface area contributed by atoms with Crippen LogP contribution in [0, 0.1) is 11.6 Å². The SMILES string of the molecule is C=C(F)C(=O)NCCNc1nc(OC[C@@H]2CCCN2C)nc2c(F)c(-c3cccc4sccc34)c(F)cc12. The number of hydrogen-bond donors (Lipinski definition) is 2. The third-order valence-corrected chi connectivity index (χ3v) is 7.54. The zero-order chi connectivity index (χ0) is 26.8. The number of hydrogen-bond acceptors (Lipinski definition) is 7. The van der Waals surface area contributed by atoms with E-state index in [1.54, 1.807) is 12.1 Å². The number of nitrogens with zero attached hydrogens (tertiary/aromatic N) is 3. The summed E-state index contributed by atoms with van der Waals surface area (Å²) in [6.45, 7) is 4.36. The van der Waals surface area contributed by atoms with Crippen LogP contribution in [0.2, 0.25) is 0 Å². The number of benzene rings is 2. The molecule has 0 saturated carbocycles. The van der Waals surface area contributed by atoms with E-state index in [0.717, 1.165) is 29.5 Å². The summed E-state index contributed by atoms with van der Waals surface area (Å²) >= 11 is 1.49. The van der Waals surface area contributed by atoms with Crippen LogP contribution in [-0.2, 0) is 4.79 Å². The van der Waals surface area contributed by atoms with Crippen LogP contribution >= 0.6 is 11.3 Å². The molecule has 0 radical (unpaired) electrons. The normalized spacial score (nSPS) is 15.7. The van der Waals surface area contributed by atoms with Crippen LogP contribution in [0.25, 0.3) is 32.1 Å². The fourth-order valence-electron chi connectivity index (χ4n) is 4.65. The van der Waals surface area contributed by atoms with Crippen molar-refractivity contribution < 1.29 is 22.7 Å². The molecule has 11 heteroatoms. The first kappa shape index (κ1) is 25.9. The lowest BCUT2D eigenvalue weighted by molar-refractivity contribution is -0.118. The molecule has 4 aromatic rings. The van der Waals surface area contributed by atoms with E-state index < -0.39 is 23.4 Å². The number of thiophene rings is 1. The number of likely N-dealkylation sites (tertiary alicyclic amines) is 1. The minimum Gasteiger partial charge on any atom is -0.462 e. The zero-order valence-electron chi connectivity index (χ0n) is 20.7. The second-order valence-corrected chi connectivity index (χ2v) is 10.1. The van der Waals surface area contributed by atoms with Crippen LogP contribution < -0.4 is 15.4 Å². The number of amides is 1. The molecule has 1 aliphatic heterocycles. The molecule has 7 nitrogen and oxygen atoms in total. The molecule has 5 rings (SSSR count). The van der Waals surface area contributed by atoms with Gasteiger partial charge in [-0.05, 0) is 55.6 Å². The third kappa shape index (κ3) is 5.16. The van der Waals surface area contributed by atoms with Gasteiger partial charge in [-0.1, -0.05) is 18.7 Å². The fourth-order valence-corrected chi connectivity index (χ4v) is 5.46. The molecular formula is C27H26F3N5O2S. The van der Waals surface area contributed by atoms with Gasteiger partial charge < -0.3 is 20.3 Å². The minimum absolute atomic E-state index is 0.0273. The number of carbonyl (C=O) groups excluding carboxylic acids is 1. The Kier molecular flexibility index (Phi) is 7.48. The molecule has 0 spiro atoms. The summed E-state index contributed by atoms with van der Waals surface area (Å²) in [5, 5.41) is 8.04. The van der Waals surface area contributed by atoms with Gasteiger partial charge in [0.2, 0.25) is 0 Å². The van der Waals surface area contributed by atoms with Gasteiger partial charge in [0.1, 0.15) is 23.8 Å². The van der Waals surface area contributed by atoms with Crippen molar-refractivity contribution in [3.05, 3.63) is 59.8 Å². The summed E-state index contributed by atoms with van der Waals surface area (Å²) in [6.07, 6.45) is 2.02. The van der Waals surface area contributed by atoms with E-state index in [9.17, 15) is 9.18 Å². The Morgan fingerprint density at radius 3 is 2.84 bits per heavy atom. The van der Waals surface area contributed by atoms with Crippen LogP contribution in [0.5, 0.6) is 6.01 Å². The molecule has 2 aromatic heterocycles. The van der Waals surface area contributed by atoms with Crippen molar-refractivity contribution in [2.75, 3.05) is 38.6 Å². The van der Waals surface area contributed by atoms with Crippen molar-refractivity contribution in [2.45, 2.75) is 18.9 Å². The van der Waals surface area contributed by atoms with Crippen molar-refractivity contribution in [3.63, 3.8) is 0 Å². The van der Waals surface area contributed by atoms with E-state index in [2.05, 4.69) is 32.1 Å².